The second-order valence-electron chi connectivity index (χ2n) is 5.14. The second kappa shape index (κ2) is 7.40. The summed E-state index contributed by atoms with van der Waals surface area (Å²) in [6.07, 6.45) is -6.40. The maximum Gasteiger partial charge on any atom is 0.416 e. The zero-order valence-electron chi connectivity index (χ0n) is 11.4. The normalized spacial score (nSPS) is 13.5. The van der Waals surface area contributed by atoms with Crippen LogP contribution in [0.1, 0.15) is 11.1 Å². The fourth-order valence-corrected chi connectivity index (χ4v) is 1.22. The Morgan fingerprint density at radius 3 is 2.10 bits per heavy atom. The molecule has 0 aliphatic heterocycles. The fourth-order valence-electron chi connectivity index (χ4n) is 1.22. The smallest absolute Gasteiger partial charge is 0.378 e. The lowest BCUT2D eigenvalue weighted by atomic mass is 10.0. The molecule has 0 amide bonds. The maximum absolute atomic E-state index is 12.6. The van der Waals surface area contributed by atoms with Crippen molar-refractivity contribution in [3.63, 3.8) is 0 Å². The number of halogens is 5. The molecule has 0 bridgehead atoms. The minimum atomic E-state index is -4.65. The molecule has 0 aliphatic carbocycles. The number of benzene rings is 1. The van der Waals surface area contributed by atoms with Gasteiger partial charge in [-0.1, -0.05) is 25.7 Å². The van der Waals surface area contributed by atoms with Crippen molar-refractivity contribution in [3.05, 3.63) is 35.1 Å². The van der Waals surface area contributed by atoms with E-state index >= 15 is 0 Å². The molecule has 0 saturated heterocycles. The van der Waals surface area contributed by atoms with Crippen molar-refractivity contribution in [2.45, 2.75) is 38.5 Å². The first-order valence-electron chi connectivity index (χ1n) is 5.79. The van der Waals surface area contributed by atoms with Crippen LogP contribution in [0.25, 0.3) is 0 Å². The summed E-state index contributed by atoms with van der Waals surface area (Å²) in [5, 5.41) is 8.78. The second-order valence-corrected chi connectivity index (χ2v) is 12.7. The van der Waals surface area contributed by atoms with Gasteiger partial charge in [-0.05, 0) is 17.7 Å². The Morgan fingerprint density at radius 2 is 1.75 bits per heavy atom. The summed E-state index contributed by atoms with van der Waals surface area (Å²) < 4.78 is 49.8. The Morgan fingerprint density at radius 1 is 1.30 bits per heavy atom. The minimum absolute atomic E-state index is 0.223. The minimum Gasteiger partial charge on any atom is -0.378 e. The van der Waals surface area contributed by atoms with E-state index in [-0.39, 0.29) is 12.0 Å². The van der Waals surface area contributed by atoms with Gasteiger partial charge in [0.25, 0.3) is 0 Å². The average molecular weight is 332 g/mol. The number of aliphatic hydroxyl groups is 1. The van der Waals surface area contributed by atoms with E-state index in [4.69, 9.17) is 21.9 Å². The highest BCUT2D eigenvalue weighted by Crippen LogP contribution is 2.32. The van der Waals surface area contributed by atoms with Crippen LogP contribution in [0.15, 0.2) is 18.2 Å². The van der Waals surface area contributed by atoms with E-state index < -0.39 is 31.2 Å². The molecule has 0 radical (unpaired) electrons. The van der Waals surface area contributed by atoms with Crippen molar-refractivity contribution in [1.29, 1.82) is 0 Å². The summed E-state index contributed by atoms with van der Waals surface area (Å²) in [5.74, 6) is -0.974. The highest BCUT2D eigenvalue weighted by Gasteiger charge is 2.33. The molecule has 1 unspecified atom stereocenters. The number of nitrogens with two attached hydrogens (primary N) is 1. The van der Waals surface area contributed by atoms with Gasteiger partial charge in [0.2, 0.25) is 0 Å². The standard InChI is InChI=1S/C9H9F4NO.C3H9ClSi/c10-6-2-1-5(3-8(14)15)7(4-6)9(11,12)13;1-5(2,3)4/h1-2,4,8,15H,3,14H2;1-3H3. The van der Waals surface area contributed by atoms with Gasteiger partial charge in [0, 0.05) is 6.42 Å². The van der Waals surface area contributed by atoms with Gasteiger partial charge in [-0.25, -0.2) is 4.39 Å². The third kappa shape index (κ3) is 9.30. The quantitative estimate of drug-likeness (QED) is 0.375. The number of rotatable bonds is 2. The van der Waals surface area contributed by atoms with E-state index in [9.17, 15) is 17.6 Å². The fraction of sp³-hybridized carbons (Fsp3) is 0.500. The molecule has 0 spiro atoms. The van der Waals surface area contributed by atoms with Gasteiger partial charge in [0.15, 0.2) is 0 Å². The summed E-state index contributed by atoms with van der Waals surface area (Å²) in [7, 11) is -1.14. The van der Waals surface area contributed by atoms with Gasteiger partial charge in [-0.2, -0.15) is 24.3 Å². The van der Waals surface area contributed by atoms with Crippen LogP contribution in [0.4, 0.5) is 17.6 Å². The highest BCUT2D eigenvalue weighted by molar-refractivity contribution is 7.18. The van der Waals surface area contributed by atoms with Gasteiger partial charge in [-0.3, -0.25) is 0 Å². The van der Waals surface area contributed by atoms with Gasteiger partial charge < -0.3 is 10.8 Å². The number of aliphatic hydroxyl groups excluding tert-OH is 1. The molecule has 3 N–H and O–H groups in total. The molecule has 1 aromatic carbocycles. The predicted octanol–water partition coefficient (Wildman–Crippen LogP) is 3.72. The Balaban J connectivity index is 0.000000621. The summed E-state index contributed by atoms with van der Waals surface area (Å²) in [6, 6.07) is 2.25. The van der Waals surface area contributed by atoms with Crippen LogP contribution < -0.4 is 5.73 Å². The SMILES string of the molecule is C[Si](C)(C)Cl.NC(O)Cc1ccc(F)cc1C(F)(F)F. The predicted molar refractivity (Wildman–Crippen MR) is 74.5 cm³/mol. The molecule has 20 heavy (non-hydrogen) atoms. The van der Waals surface area contributed by atoms with Crippen LogP contribution in [-0.4, -0.2) is 18.7 Å². The summed E-state index contributed by atoms with van der Waals surface area (Å²) >= 11 is 5.67. The van der Waals surface area contributed by atoms with E-state index in [1.807, 2.05) is 0 Å². The summed E-state index contributed by atoms with van der Waals surface area (Å²) in [6.45, 7) is 6.28. The monoisotopic (exact) mass is 331 g/mol. The lowest BCUT2D eigenvalue weighted by Crippen LogP contribution is -2.23. The zero-order valence-corrected chi connectivity index (χ0v) is 13.2. The van der Waals surface area contributed by atoms with Gasteiger partial charge in [-0.15, -0.1) is 0 Å². The molecule has 2 nitrogen and oxygen atoms in total. The van der Waals surface area contributed by atoms with Crippen molar-refractivity contribution < 1.29 is 22.7 Å². The first-order chi connectivity index (χ1) is 8.80. The molecule has 0 heterocycles. The Labute approximate surface area is 121 Å². The van der Waals surface area contributed by atoms with Crippen molar-refractivity contribution in [1.82, 2.24) is 0 Å². The van der Waals surface area contributed by atoms with Crippen LogP contribution in [0, 0.1) is 5.82 Å². The van der Waals surface area contributed by atoms with Crippen LogP contribution >= 0.6 is 11.1 Å². The van der Waals surface area contributed by atoms with Crippen LogP contribution in [-0.2, 0) is 12.6 Å². The molecular formula is C12H18ClF4NOSi. The van der Waals surface area contributed by atoms with E-state index in [0.29, 0.717) is 6.07 Å². The molecule has 116 valence electrons. The van der Waals surface area contributed by atoms with Crippen LogP contribution in [0.5, 0.6) is 0 Å². The van der Waals surface area contributed by atoms with Crippen molar-refractivity contribution in [3.8, 4) is 0 Å². The van der Waals surface area contributed by atoms with E-state index in [1.54, 1.807) is 0 Å². The average Bonchev–Trinajstić information content (AvgIpc) is 2.16. The largest absolute Gasteiger partial charge is 0.416 e. The lowest BCUT2D eigenvalue weighted by molar-refractivity contribution is -0.138. The van der Waals surface area contributed by atoms with E-state index in [2.05, 4.69) is 19.6 Å². The molecule has 0 aliphatic rings. The van der Waals surface area contributed by atoms with Gasteiger partial charge >= 0.3 is 6.18 Å². The summed E-state index contributed by atoms with van der Waals surface area (Å²) in [4.78, 5) is 0. The van der Waals surface area contributed by atoms with Gasteiger partial charge in [0.1, 0.15) is 19.4 Å². The van der Waals surface area contributed by atoms with Gasteiger partial charge in [0.05, 0.1) is 5.56 Å². The third-order valence-corrected chi connectivity index (χ3v) is 1.81. The number of hydrogen-bond donors (Lipinski definition) is 2. The lowest BCUT2D eigenvalue weighted by Gasteiger charge is -2.13. The third-order valence-electron chi connectivity index (χ3n) is 1.81. The molecule has 0 fully saturated rings. The number of alkyl halides is 3. The highest BCUT2D eigenvalue weighted by atomic mass is 35.6. The molecule has 8 heteroatoms. The molecular weight excluding hydrogens is 314 g/mol. The summed E-state index contributed by atoms with van der Waals surface area (Å²) in [5.41, 5.74) is 3.64. The Bertz CT molecular complexity index is 426. The Hall–Kier alpha value is -0.633. The number of hydrogen-bond acceptors (Lipinski definition) is 2. The van der Waals surface area contributed by atoms with E-state index in [1.165, 1.54) is 0 Å². The first kappa shape index (κ1) is 19.4. The molecule has 1 atom stereocenters. The van der Waals surface area contributed by atoms with Crippen molar-refractivity contribution in [2.75, 3.05) is 0 Å². The van der Waals surface area contributed by atoms with E-state index in [0.717, 1.165) is 12.1 Å². The molecule has 1 rings (SSSR count). The molecule has 0 saturated carbocycles. The maximum atomic E-state index is 12.6. The first-order valence-corrected chi connectivity index (χ1v) is 10.3. The van der Waals surface area contributed by atoms with Crippen molar-refractivity contribution >= 4 is 18.5 Å². The Kier molecular flexibility index (Phi) is 7.16. The molecule has 0 aromatic heterocycles. The van der Waals surface area contributed by atoms with Crippen molar-refractivity contribution in [2.24, 2.45) is 5.73 Å². The van der Waals surface area contributed by atoms with Crippen LogP contribution in [0.2, 0.25) is 19.6 Å². The van der Waals surface area contributed by atoms with Crippen LogP contribution in [0.3, 0.4) is 0 Å². The molecule has 1 aromatic rings. The zero-order chi connectivity index (χ0) is 16.1. The topological polar surface area (TPSA) is 46.2 Å².